The molecule has 70 valence electrons. The van der Waals surface area contributed by atoms with E-state index >= 15 is 0 Å². The number of anilines is 1. The van der Waals surface area contributed by atoms with Gasteiger partial charge in [0.05, 0.1) is 0 Å². The summed E-state index contributed by atoms with van der Waals surface area (Å²) in [5.74, 6) is -0.560. The van der Waals surface area contributed by atoms with E-state index in [0.717, 1.165) is 0 Å². The van der Waals surface area contributed by atoms with Crippen LogP contribution in [0.25, 0.3) is 0 Å². The van der Waals surface area contributed by atoms with E-state index < -0.39 is 12.3 Å². The second kappa shape index (κ2) is 3.88. The number of hydrogen-bond donors (Lipinski definition) is 4. The van der Waals surface area contributed by atoms with Gasteiger partial charge >= 0.3 is 0 Å². The van der Waals surface area contributed by atoms with Crippen LogP contribution in [-0.2, 0) is 0 Å². The monoisotopic (exact) mass is 182 g/mol. The van der Waals surface area contributed by atoms with E-state index in [4.69, 9.17) is 15.9 Å². The van der Waals surface area contributed by atoms with E-state index in [1.54, 1.807) is 12.1 Å². The molecule has 0 unspecified atom stereocenters. The van der Waals surface area contributed by atoms with Crippen molar-refractivity contribution in [2.24, 2.45) is 0 Å². The molecule has 5 heteroatoms. The maximum atomic E-state index is 11.1. The molecule has 0 atom stereocenters. The van der Waals surface area contributed by atoms with E-state index in [9.17, 15) is 4.79 Å². The molecule has 1 aromatic carbocycles. The Labute approximate surface area is 74.8 Å². The molecule has 13 heavy (non-hydrogen) atoms. The van der Waals surface area contributed by atoms with Crippen LogP contribution >= 0.6 is 0 Å². The Morgan fingerprint density at radius 1 is 1.31 bits per heavy atom. The number of aliphatic hydroxyl groups excluding tert-OH is 1. The summed E-state index contributed by atoms with van der Waals surface area (Å²) < 4.78 is 0. The van der Waals surface area contributed by atoms with Gasteiger partial charge < -0.3 is 21.3 Å². The number of aliphatic hydroxyl groups is 2. The summed E-state index contributed by atoms with van der Waals surface area (Å²) in [6, 6.07) is 6.09. The van der Waals surface area contributed by atoms with E-state index in [-0.39, 0.29) is 0 Å². The molecule has 0 fully saturated rings. The first-order chi connectivity index (χ1) is 6.09. The molecule has 0 aromatic heterocycles. The zero-order valence-electron chi connectivity index (χ0n) is 6.77. The van der Waals surface area contributed by atoms with Gasteiger partial charge in [-0.25, -0.2) is 0 Å². The van der Waals surface area contributed by atoms with Crippen molar-refractivity contribution in [3.8, 4) is 0 Å². The molecule has 0 heterocycles. The molecule has 5 N–H and O–H groups in total. The third-order valence-electron chi connectivity index (χ3n) is 1.43. The Balaban J connectivity index is 2.72. The van der Waals surface area contributed by atoms with Crippen molar-refractivity contribution in [2.75, 3.05) is 5.73 Å². The standard InChI is InChI=1S/C8H10N2O3/c9-6-3-1-5(2-4-6)7(11)10-8(12)13/h1-4,8,12-13H,9H2,(H,10,11). The smallest absolute Gasteiger partial charge is 0.255 e. The molecular weight excluding hydrogens is 172 g/mol. The zero-order chi connectivity index (χ0) is 9.84. The van der Waals surface area contributed by atoms with Gasteiger partial charge in [-0.2, -0.15) is 0 Å². The van der Waals surface area contributed by atoms with Gasteiger partial charge in [-0.3, -0.25) is 4.79 Å². The van der Waals surface area contributed by atoms with E-state index in [1.165, 1.54) is 12.1 Å². The van der Waals surface area contributed by atoms with Crippen LogP contribution in [0.3, 0.4) is 0 Å². The highest BCUT2D eigenvalue weighted by Crippen LogP contribution is 2.04. The molecule has 1 amide bonds. The van der Waals surface area contributed by atoms with Gasteiger partial charge in [-0.1, -0.05) is 0 Å². The van der Waals surface area contributed by atoms with Crippen LogP contribution < -0.4 is 11.1 Å². The normalized spacial score (nSPS) is 10.1. The number of carbonyl (C=O) groups excluding carboxylic acids is 1. The number of rotatable bonds is 2. The zero-order valence-corrected chi connectivity index (χ0v) is 6.77. The van der Waals surface area contributed by atoms with Gasteiger partial charge in [-0.05, 0) is 24.3 Å². The van der Waals surface area contributed by atoms with Crippen LogP contribution in [-0.4, -0.2) is 22.5 Å². The van der Waals surface area contributed by atoms with Gasteiger partial charge in [0, 0.05) is 11.3 Å². The highest BCUT2D eigenvalue weighted by molar-refractivity contribution is 5.94. The minimum Gasteiger partial charge on any atom is -0.399 e. The average molecular weight is 182 g/mol. The third-order valence-corrected chi connectivity index (χ3v) is 1.43. The molecule has 0 aliphatic carbocycles. The first kappa shape index (κ1) is 9.50. The van der Waals surface area contributed by atoms with Crippen molar-refractivity contribution in [1.29, 1.82) is 0 Å². The van der Waals surface area contributed by atoms with Gasteiger partial charge in [0.15, 0.2) is 0 Å². The predicted octanol–water partition coefficient (Wildman–Crippen LogP) is -0.733. The quantitative estimate of drug-likeness (QED) is 0.358. The summed E-state index contributed by atoms with van der Waals surface area (Å²) in [7, 11) is 0. The van der Waals surface area contributed by atoms with Gasteiger partial charge in [0.1, 0.15) is 0 Å². The highest BCUT2D eigenvalue weighted by Gasteiger charge is 2.06. The lowest BCUT2D eigenvalue weighted by molar-refractivity contribution is -0.0583. The Kier molecular flexibility index (Phi) is 2.84. The van der Waals surface area contributed by atoms with E-state index in [1.807, 2.05) is 5.32 Å². The first-order valence-corrected chi connectivity index (χ1v) is 3.62. The molecule has 1 rings (SSSR count). The summed E-state index contributed by atoms with van der Waals surface area (Å²) in [5, 5.41) is 18.8. The number of nitrogens with two attached hydrogens (primary N) is 1. The minimum absolute atomic E-state index is 0.322. The highest BCUT2D eigenvalue weighted by atomic mass is 16.5. The molecule has 0 aliphatic heterocycles. The Bertz CT molecular complexity index is 295. The summed E-state index contributed by atoms with van der Waals surface area (Å²) in [6.45, 7) is 0. The van der Waals surface area contributed by atoms with Crippen LogP contribution in [0, 0.1) is 0 Å². The van der Waals surface area contributed by atoms with Crippen LogP contribution in [0.5, 0.6) is 0 Å². The fourth-order valence-electron chi connectivity index (χ4n) is 0.835. The van der Waals surface area contributed by atoms with E-state index in [2.05, 4.69) is 0 Å². The van der Waals surface area contributed by atoms with Crippen molar-refractivity contribution in [2.45, 2.75) is 6.41 Å². The first-order valence-electron chi connectivity index (χ1n) is 3.62. The predicted molar refractivity (Wildman–Crippen MR) is 46.5 cm³/mol. The Hall–Kier alpha value is -1.59. The molecular formula is C8H10N2O3. The fourth-order valence-corrected chi connectivity index (χ4v) is 0.835. The second-order valence-corrected chi connectivity index (χ2v) is 2.47. The summed E-state index contributed by atoms with van der Waals surface area (Å²) in [4.78, 5) is 11.1. The molecule has 0 saturated carbocycles. The lowest BCUT2D eigenvalue weighted by atomic mass is 10.2. The molecule has 1 aromatic rings. The van der Waals surface area contributed by atoms with Crippen molar-refractivity contribution in [1.82, 2.24) is 5.32 Å². The average Bonchev–Trinajstić information content (AvgIpc) is 2.04. The van der Waals surface area contributed by atoms with Crippen molar-refractivity contribution >= 4 is 11.6 Å². The van der Waals surface area contributed by atoms with Crippen LogP contribution in [0.1, 0.15) is 10.4 Å². The number of nitrogens with one attached hydrogen (secondary N) is 1. The molecule has 0 bridgehead atoms. The van der Waals surface area contributed by atoms with Gasteiger partial charge in [0.2, 0.25) is 6.41 Å². The molecule has 0 spiro atoms. The fraction of sp³-hybridized carbons (Fsp3) is 0.125. The maximum absolute atomic E-state index is 11.1. The number of carbonyl (C=O) groups is 1. The number of amides is 1. The molecule has 0 saturated heterocycles. The largest absolute Gasteiger partial charge is 0.399 e. The lowest BCUT2D eigenvalue weighted by Gasteiger charge is -2.06. The molecule has 0 radical (unpaired) electrons. The number of hydrogen-bond acceptors (Lipinski definition) is 4. The van der Waals surface area contributed by atoms with Gasteiger partial charge in [-0.15, -0.1) is 0 Å². The topological polar surface area (TPSA) is 95.6 Å². The number of benzene rings is 1. The van der Waals surface area contributed by atoms with E-state index in [0.29, 0.717) is 11.3 Å². The second-order valence-electron chi connectivity index (χ2n) is 2.47. The lowest BCUT2D eigenvalue weighted by Crippen LogP contribution is -2.34. The SMILES string of the molecule is Nc1ccc(C(=O)NC(O)O)cc1. The Morgan fingerprint density at radius 3 is 2.31 bits per heavy atom. The van der Waals surface area contributed by atoms with Crippen LogP contribution in [0.15, 0.2) is 24.3 Å². The van der Waals surface area contributed by atoms with Crippen molar-refractivity contribution in [3.05, 3.63) is 29.8 Å². The van der Waals surface area contributed by atoms with Crippen LogP contribution in [0.4, 0.5) is 5.69 Å². The minimum atomic E-state index is -1.84. The summed E-state index contributed by atoms with van der Waals surface area (Å²) >= 11 is 0. The van der Waals surface area contributed by atoms with Crippen molar-refractivity contribution in [3.63, 3.8) is 0 Å². The molecule has 0 aliphatic rings. The summed E-state index contributed by atoms with van der Waals surface area (Å²) in [5.41, 5.74) is 6.26. The van der Waals surface area contributed by atoms with Crippen molar-refractivity contribution < 1.29 is 15.0 Å². The number of nitrogen functional groups attached to an aromatic ring is 1. The Morgan fingerprint density at radius 2 is 1.85 bits per heavy atom. The van der Waals surface area contributed by atoms with Crippen LogP contribution in [0.2, 0.25) is 0 Å². The maximum Gasteiger partial charge on any atom is 0.255 e. The molecule has 5 nitrogen and oxygen atoms in total. The third kappa shape index (κ3) is 2.73. The summed E-state index contributed by atoms with van der Waals surface area (Å²) in [6.07, 6.45) is -1.84. The van der Waals surface area contributed by atoms with Gasteiger partial charge in [0.25, 0.3) is 5.91 Å².